The van der Waals surface area contributed by atoms with Gasteiger partial charge in [0.15, 0.2) is 0 Å². The van der Waals surface area contributed by atoms with Crippen LogP contribution in [0.15, 0.2) is 42.7 Å². The number of hydrogen-bond acceptors (Lipinski definition) is 2. The number of carbonyl (C=O) groups excluding carboxylic acids is 1. The van der Waals surface area contributed by atoms with Crippen LogP contribution in [0.3, 0.4) is 0 Å². The van der Waals surface area contributed by atoms with Crippen LogP contribution in [0, 0.1) is 5.82 Å². The Balaban J connectivity index is 2.59. The molecule has 2 nitrogen and oxygen atoms in total. The quantitative estimate of drug-likeness (QED) is 0.748. The molecule has 0 N–H and O–H groups in total. The van der Waals surface area contributed by atoms with Gasteiger partial charge in [0.1, 0.15) is 5.82 Å². The van der Waals surface area contributed by atoms with Crippen molar-refractivity contribution in [2.75, 3.05) is 0 Å². The molecule has 1 aromatic heterocycles. The Morgan fingerprint density at radius 3 is 2.69 bits per heavy atom. The largest absolute Gasteiger partial charge is 0.275 e. The average molecular weight is 236 g/mol. The van der Waals surface area contributed by atoms with Gasteiger partial charge in [-0.05, 0) is 23.7 Å². The molecule has 0 aliphatic rings. The predicted molar refractivity (Wildman–Crippen MR) is 59.8 cm³/mol. The number of hydrogen-bond donors (Lipinski definition) is 0. The van der Waals surface area contributed by atoms with E-state index in [1.54, 1.807) is 30.5 Å². The van der Waals surface area contributed by atoms with Gasteiger partial charge in [0.25, 0.3) is 5.24 Å². The van der Waals surface area contributed by atoms with Crippen LogP contribution in [0.1, 0.15) is 10.4 Å². The van der Waals surface area contributed by atoms with Crippen molar-refractivity contribution in [1.82, 2.24) is 4.98 Å². The van der Waals surface area contributed by atoms with Crippen LogP contribution in [0.25, 0.3) is 11.1 Å². The van der Waals surface area contributed by atoms with E-state index in [-0.39, 0.29) is 5.56 Å². The molecule has 0 amide bonds. The second kappa shape index (κ2) is 4.41. The van der Waals surface area contributed by atoms with Crippen molar-refractivity contribution in [2.45, 2.75) is 0 Å². The van der Waals surface area contributed by atoms with Crippen LogP contribution >= 0.6 is 11.6 Å². The number of halogens is 2. The minimum atomic E-state index is -0.803. The van der Waals surface area contributed by atoms with Gasteiger partial charge in [-0.1, -0.05) is 18.2 Å². The molecule has 0 unspecified atom stereocenters. The van der Waals surface area contributed by atoms with E-state index >= 15 is 0 Å². The van der Waals surface area contributed by atoms with Crippen molar-refractivity contribution in [3.8, 4) is 11.1 Å². The van der Waals surface area contributed by atoms with Crippen LogP contribution in [0.5, 0.6) is 0 Å². The van der Waals surface area contributed by atoms with Crippen molar-refractivity contribution in [3.05, 3.63) is 54.1 Å². The lowest BCUT2D eigenvalue weighted by molar-refractivity contribution is 0.107. The maximum absolute atomic E-state index is 13.9. The molecule has 80 valence electrons. The fraction of sp³-hybridized carbons (Fsp3) is 0. The van der Waals surface area contributed by atoms with Gasteiger partial charge in [-0.15, -0.1) is 0 Å². The lowest BCUT2D eigenvalue weighted by atomic mass is 10.0. The van der Waals surface area contributed by atoms with E-state index in [0.29, 0.717) is 11.1 Å². The first-order valence-corrected chi connectivity index (χ1v) is 4.96. The smallest absolute Gasteiger partial charge is 0.255 e. The average Bonchev–Trinajstić information content (AvgIpc) is 2.30. The minimum absolute atomic E-state index is 0.122. The molecule has 0 atom stereocenters. The van der Waals surface area contributed by atoms with Gasteiger partial charge in [-0.3, -0.25) is 9.78 Å². The van der Waals surface area contributed by atoms with Crippen molar-refractivity contribution >= 4 is 16.8 Å². The Hall–Kier alpha value is -1.74. The number of rotatable bonds is 2. The highest BCUT2D eigenvalue weighted by atomic mass is 35.5. The Kier molecular flexibility index (Phi) is 2.97. The van der Waals surface area contributed by atoms with E-state index in [9.17, 15) is 9.18 Å². The third-order valence-electron chi connectivity index (χ3n) is 2.18. The second-order valence-electron chi connectivity index (χ2n) is 3.18. The molecule has 0 aliphatic carbocycles. The maximum atomic E-state index is 13.9. The van der Waals surface area contributed by atoms with Gasteiger partial charge in [0.2, 0.25) is 0 Å². The Morgan fingerprint density at radius 1 is 1.25 bits per heavy atom. The first-order chi connectivity index (χ1) is 7.70. The molecule has 0 saturated heterocycles. The zero-order valence-electron chi connectivity index (χ0n) is 8.15. The SMILES string of the molecule is O=C(Cl)c1cccc(-c2cccnc2)c1F. The van der Waals surface area contributed by atoms with E-state index in [0.717, 1.165) is 0 Å². The topological polar surface area (TPSA) is 30.0 Å². The molecule has 0 radical (unpaired) electrons. The zero-order valence-corrected chi connectivity index (χ0v) is 8.91. The summed E-state index contributed by atoms with van der Waals surface area (Å²) in [7, 11) is 0. The molecule has 0 saturated carbocycles. The van der Waals surface area contributed by atoms with Crippen molar-refractivity contribution in [3.63, 3.8) is 0 Å². The molecule has 16 heavy (non-hydrogen) atoms. The highest BCUT2D eigenvalue weighted by Gasteiger charge is 2.13. The Labute approximate surface area is 96.7 Å². The zero-order chi connectivity index (χ0) is 11.5. The molecule has 0 spiro atoms. The first-order valence-electron chi connectivity index (χ1n) is 4.59. The van der Waals surface area contributed by atoms with Crippen LogP contribution in [0.2, 0.25) is 0 Å². The molecule has 0 bridgehead atoms. The first kappa shape index (κ1) is 10.8. The lowest BCUT2D eigenvalue weighted by Gasteiger charge is -2.04. The monoisotopic (exact) mass is 235 g/mol. The predicted octanol–water partition coefficient (Wildman–Crippen LogP) is 3.27. The van der Waals surface area contributed by atoms with Crippen LogP contribution in [-0.4, -0.2) is 10.2 Å². The van der Waals surface area contributed by atoms with E-state index in [1.165, 1.54) is 12.3 Å². The van der Waals surface area contributed by atoms with Gasteiger partial charge in [0, 0.05) is 23.5 Å². The van der Waals surface area contributed by atoms with Crippen LogP contribution in [0.4, 0.5) is 4.39 Å². The Bertz CT molecular complexity index is 528. The van der Waals surface area contributed by atoms with Crippen LogP contribution < -0.4 is 0 Å². The summed E-state index contributed by atoms with van der Waals surface area (Å²) in [6.07, 6.45) is 3.12. The number of carbonyl (C=O) groups is 1. The molecule has 0 aliphatic heterocycles. The summed E-state index contributed by atoms with van der Waals surface area (Å²) in [6.45, 7) is 0. The fourth-order valence-electron chi connectivity index (χ4n) is 1.43. The van der Waals surface area contributed by atoms with Crippen molar-refractivity contribution < 1.29 is 9.18 Å². The summed E-state index contributed by atoms with van der Waals surface area (Å²) in [5, 5.41) is -0.803. The van der Waals surface area contributed by atoms with Gasteiger partial charge in [-0.25, -0.2) is 4.39 Å². The molecule has 4 heteroatoms. The van der Waals surface area contributed by atoms with Gasteiger partial charge < -0.3 is 0 Å². The summed E-state index contributed by atoms with van der Waals surface area (Å²) in [5.41, 5.74) is 0.808. The number of benzene rings is 1. The van der Waals surface area contributed by atoms with E-state index in [4.69, 9.17) is 11.6 Å². The summed E-state index contributed by atoms with van der Waals surface area (Å²) in [4.78, 5) is 14.9. The standard InChI is InChI=1S/C12H7ClFNO/c13-12(16)10-5-1-4-9(11(10)14)8-3-2-6-15-7-8/h1-7H. The summed E-state index contributed by atoms with van der Waals surface area (Å²) < 4.78 is 13.9. The fourth-order valence-corrected chi connectivity index (χ4v) is 1.57. The summed E-state index contributed by atoms with van der Waals surface area (Å²) >= 11 is 5.27. The molecule has 1 aromatic carbocycles. The van der Waals surface area contributed by atoms with Crippen LogP contribution in [-0.2, 0) is 0 Å². The second-order valence-corrected chi connectivity index (χ2v) is 3.53. The molecule has 1 heterocycles. The van der Waals surface area contributed by atoms with Gasteiger partial charge in [-0.2, -0.15) is 0 Å². The normalized spacial score (nSPS) is 10.1. The third-order valence-corrected chi connectivity index (χ3v) is 2.39. The van der Waals surface area contributed by atoms with E-state index in [1.807, 2.05) is 0 Å². The minimum Gasteiger partial charge on any atom is -0.275 e. The lowest BCUT2D eigenvalue weighted by Crippen LogP contribution is -1.96. The molecular weight excluding hydrogens is 229 g/mol. The number of nitrogens with zero attached hydrogens (tertiary/aromatic N) is 1. The third kappa shape index (κ3) is 1.95. The van der Waals surface area contributed by atoms with Gasteiger partial charge >= 0.3 is 0 Å². The Morgan fingerprint density at radius 2 is 2.06 bits per heavy atom. The highest BCUT2D eigenvalue weighted by molar-refractivity contribution is 6.67. The molecule has 2 aromatic rings. The van der Waals surface area contributed by atoms with Crippen molar-refractivity contribution in [1.29, 1.82) is 0 Å². The highest BCUT2D eigenvalue weighted by Crippen LogP contribution is 2.24. The number of pyridine rings is 1. The number of aromatic nitrogens is 1. The summed E-state index contributed by atoms with van der Waals surface area (Å²) in [5.74, 6) is -0.615. The van der Waals surface area contributed by atoms with E-state index in [2.05, 4.69) is 4.98 Å². The molecule has 2 rings (SSSR count). The molecule has 0 fully saturated rings. The summed E-state index contributed by atoms with van der Waals surface area (Å²) in [6, 6.07) is 7.93. The van der Waals surface area contributed by atoms with Gasteiger partial charge in [0.05, 0.1) is 5.56 Å². The molecular formula is C12H7ClFNO. The maximum Gasteiger partial charge on any atom is 0.255 e. The van der Waals surface area contributed by atoms with E-state index < -0.39 is 11.1 Å². The van der Waals surface area contributed by atoms with Crippen molar-refractivity contribution in [2.24, 2.45) is 0 Å².